The fourth-order valence-corrected chi connectivity index (χ4v) is 5.87. The Hall–Kier alpha value is -3.42. The maximum absolute atomic E-state index is 14.0. The summed E-state index contributed by atoms with van der Waals surface area (Å²) in [7, 11) is 8.01. The molecule has 2 atom stereocenters. The van der Waals surface area contributed by atoms with Crippen LogP contribution < -0.4 is 20.4 Å². The van der Waals surface area contributed by atoms with E-state index in [0.29, 0.717) is 13.1 Å². The minimum Gasteiger partial charge on any atom is -0.378 e. The molecular formula is C35H56N6O2. The minimum atomic E-state index is -0.409. The highest BCUT2D eigenvalue weighted by Crippen LogP contribution is 2.39. The number of hydrogen-bond donors (Lipinski definition) is 2. The SMILES string of the molecule is CN(C)c1ccc(NC(=O)N(CC(C)(C)C)C2CCCC(C)(N(CC(C)(C)C)C(=O)Nc3ccc(N(C)C)cc3)C2)cc1. The summed E-state index contributed by atoms with van der Waals surface area (Å²) in [6.07, 6.45) is 3.47. The van der Waals surface area contributed by atoms with Gasteiger partial charge in [0.2, 0.25) is 0 Å². The second-order valence-electron chi connectivity index (χ2n) is 15.3. The number of anilines is 4. The normalized spacial score (nSPS) is 18.9. The van der Waals surface area contributed by atoms with Gasteiger partial charge in [0.25, 0.3) is 0 Å². The summed E-state index contributed by atoms with van der Waals surface area (Å²) in [5.41, 5.74) is 3.13. The first kappa shape index (κ1) is 34.1. The number of hydrogen-bond acceptors (Lipinski definition) is 4. The molecule has 0 aliphatic heterocycles. The lowest BCUT2D eigenvalue weighted by molar-refractivity contribution is 0.0353. The molecule has 43 heavy (non-hydrogen) atoms. The smallest absolute Gasteiger partial charge is 0.322 e. The van der Waals surface area contributed by atoms with E-state index in [0.717, 1.165) is 48.4 Å². The van der Waals surface area contributed by atoms with E-state index >= 15 is 0 Å². The molecule has 8 heteroatoms. The molecule has 1 aliphatic rings. The predicted octanol–water partition coefficient (Wildman–Crippen LogP) is 7.98. The van der Waals surface area contributed by atoms with Gasteiger partial charge in [-0.1, -0.05) is 41.5 Å². The fourth-order valence-electron chi connectivity index (χ4n) is 5.87. The molecule has 2 unspecified atom stereocenters. The van der Waals surface area contributed by atoms with E-state index in [1.54, 1.807) is 0 Å². The highest BCUT2D eigenvalue weighted by atomic mass is 16.2. The molecule has 238 valence electrons. The Morgan fingerprint density at radius 1 is 0.744 bits per heavy atom. The van der Waals surface area contributed by atoms with Gasteiger partial charge in [-0.2, -0.15) is 0 Å². The van der Waals surface area contributed by atoms with Crippen molar-refractivity contribution in [3.63, 3.8) is 0 Å². The van der Waals surface area contributed by atoms with E-state index in [-0.39, 0.29) is 28.9 Å². The fraction of sp³-hybridized carbons (Fsp3) is 0.600. The topological polar surface area (TPSA) is 71.2 Å². The first-order chi connectivity index (χ1) is 19.9. The van der Waals surface area contributed by atoms with Gasteiger partial charge in [-0.3, -0.25) is 0 Å². The zero-order chi connectivity index (χ0) is 32.2. The third-order valence-electron chi connectivity index (χ3n) is 8.07. The maximum Gasteiger partial charge on any atom is 0.322 e. The van der Waals surface area contributed by atoms with Crippen LogP contribution in [0.25, 0.3) is 0 Å². The number of nitrogens with zero attached hydrogens (tertiary/aromatic N) is 4. The van der Waals surface area contributed by atoms with Crippen LogP contribution in [-0.2, 0) is 0 Å². The van der Waals surface area contributed by atoms with E-state index in [4.69, 9.17) is 0 Å². The van der Waals surface area contributed by atoms with Gasteiger partial charge in [-0.05, 0) is 92.0 Å². The average Bonchev–Trinajstić information content (AvgIpc) is 2.90. The Bertz CT molecular complexity index is 1210. The summed E-state index contributed by atoms with van der Waals surface area (Å²) >= 11 is 0. The Morgan fingerprint density at radius 3 is 1.60 bits per heavy atom. The van der Waals surface area contributed by atoms with Crippen LogP contribution >= 0.6 is 0 Å². The summed E-state index contributed by atoms with van der Waals surface area (Å²) in [5, 5.41) is 6.34. The van der Waals surface area contributed by atoms with Crippen molar-refractivity contribution in [1.29, 1.82) is 0 Å². The van der Waals surface area contributed by atoms with Crippen molar-refractivity contribution in [3.05, 3.63) is 48.5 Å². The number of nitrogens with one attached hydrogen (secondary N) is 2. The third-order valence-corrected chi connectivity index (χ3v) is 8.07. The molecule has 1 saturated carbocycles. The molecule has 2 N–H and O–H groups in total. The van der Waals surface area contributed by atoms with E-state index in [1.165, 1.54) is 0 Å². The van der Waals surface area contributed by atoms with Crippen LogP contribution in [0.3, 0.4) is 0 Å². The molecule has 0 radical (unpaired) electrons. The van der Waals surface area contributed by atoms with Gasteiger partial charge < -0.3 is 30.2 Å². The lowest BCUT2D eigenvalue weighted by atomic mass is 9.77. The first-order valence-corrected chi connectivity index (χ1v) is 15.6. The van der Waals surface area contributed by atoms with Crippen LogP contribution in [0.4, 0.5) is 32.3 Å². The van der Waals surface area contributed by atoms with Crippen molar-refractivity contribution < 1.29 is 9.59 Å². The molecule has 0 heterocycles. The van der Waals surface area contributed by atoms with Crippen LogP contribution in [0, 0.1) is 10.8 Å². The van der Waals surface area contributed by atoms with Crippen molar-refractivity contribution in [2.45, 2.75) is 85.7 Å². The van der Waals surface area contributed by atoms with Gasteiger partial charge in [-0.15, -0.1) is 0 Å². The monoisotopic (exact) mass is 592 g/mol. The quantitative estimate of drug-likeness (QED) is 0.326. The van der Waals surface area contributed by atoms with Crippen molar-refractivity contribution in [2.75, 3.05) is 61.7 Å². The maximum atomic E-state index is 14.0. The summed E-state index contributed by atoms with van der Waals surface area (Å²) in [5.74, 6) is 0. The highest BCUT2D eigenvalue weighted by molar-refractivity contribution is 5.91. The van der Waals surface area contributed by atoms with Gasteiger partial charge in [0, 0.05) is 75.6 Å². The van der Waals surface area contributed by atoms with Crippen LogP contribution in [0.15, 0.2) is 48.5 Å². The number of amides is 4. The Labute approximate surface area is 260 Å². The zero-order valence-corrected chi connectivity index (χ0v) is 28.5. The van der Waals surface area contributed by atoms with Crippen molar-refractivity contribution >= 4 is 34.8 Å². The van der Waals surface area contributed by atoms with Crippen molar-refractivity contribution in [1.82, 2.24) is 9.80 Å². The summed E-state index contributed by atoms with van der Waals surface area (Å²) < 4.78 is 0. The standard InChI is InChI=1S/C35H56N6O2/c1-33(2,3)24-40(31(42)36-26-14-18-28(19-15-26)38(8)9)30-13-12-22-35(7,23-30)41(25-34(4,5)6)32(43)37-27-16-20-29(21-17-27)39(10)11/h14-21,30H,12-13,22-25H2,1-11H3,(H,36,42)(H,37,43). The second-order valence-corrected chi connectivity index (χ2v) is 15.3. The highest BCUT2D eigenvalue weighted by Gasteiger charge is 2.44. The van der Waals surface area contributed by atoms with Gasteiger partial charge in [0.1, 0.15) is 0 Å². The molecule has 0 saturated heterocycles. The molecule has 0 aromatic heterocycles. The van der Waals surface area contributed by atoms with Crippen LogP contribution in [0.1, 0.15) is 74.1 Å². The molecular weight excluding hydrogens is 536 g/mol. The van der Waals surface area contributed by atoms with Gasteiger partial charge in [-0.25, -0.2) is 9.59 Å². The second kappa shape index (κ2) is 13.5. The average molecular weight is 593 g/mol. The molecule has 8 nitrogen and oxygen atoms in total. The van der Waals surface area contributed by atoms with Crippen LogP contribution in [0.5, 0.6) is 0 Å². The predicted molar refractivity (Wildman–Crippen MR) is 183 cm³/mol. The van der Waals surface area contributed by atoms with Crippen molar-refractivity contribution in [3.8, 4) is 0 Å². The molecule has 0 bridgehead atoms. The lowest BCUT2D eigenvalue weighted by Crippen LogP contribution is -2.60. The lowest BCUT2D eigenvalue weighted by Gasteiger charge is -2.50. The molecule has 3 rings (SSSR count). The Balaban J connectivity index is 1.86. The van der Waals surface area contributed by atoms with E-state index in [2.05, 4.69) is 59.1 Å². The first-order valence-electron chi connectivity index (χ1n) is 15.6. The minimum absolute atomic E-state index is 0.00802. The van der Waals surface area contributed by atoms with E-state index in [1.807, 2.05) is 96.3 Å². The summed E-state index contributed by atoms with van der Waals surface area (Å²) in [6, 6.07) is 15.7. The largest absolute Gasteiger partial charge is 0.378 e. The number of urea groups is 2. The summed E-state index contributed by atoms with van der Waals surface area (Å²) in [6.45, 7) is 16.5. The molecule has 0 spiro atoms. The molecule has 4 amide bonds. The van der Waals surface area contributed by atoms with Crippen molar-refractivity contribution in [2.24, 2.45) is 10.8 Å². The molecule has 1 fully saturated rings. The van der Waals surface area contributed by atoms with Crippen LogP contribution in [-0.4, -0.2) is 74.7 Å². The zero-order valence-electron chi connectivity index (χ0n) is 28.5. The molecule has 2 aromatic rings. The summed E-state index contributed by atoms with van der Waals surface area (Å²) in [4.78, 5) is 36.0. The number of carbonyl (C=O) groups excluding carboxylic acids is 2. The van der Waals surface area contributed by atoms with Gasteiger partial charge >= 0.3 is 12.1 Å². The van der Waals surface area contributed by atoms with E-state index < -0.39 is 5.54 Å². The number of rotatable bonds is 8. The number of carbonyl (C=O) groups is 2. The Kier molecular flexibility index (Phi) is 10.7. The third kappa shape index (κ3) is 9.80. The molecule has 2 aromatic carbocycles. The van der Waals surface area contributed by atoms with Gasteiger partial charge in [0.15, 0.2) is 0 Å². The molecule has 1 aliphatic carbocycles. The van der Waals surface area contributed by atoms with E-state index in [9.17, 15) is 9.59 Å². The van der Waals surface area contributed by atoms with Crippen LogP contribution in [0.2, 0.25) is 0 Å². The van der Waals surface area contributed by atoms with Gasteiger partial charge in [0.05, 0.1) is 0 Å². The number of benzene rings is 2. The Morgan fingerprint density at radius 2 is 1.19 bits per heavy atom.